The minimum absolute atomic E-state index is 0.0186. The molecule has 0 aliphatic carbocycles. The Hall–Kier alpha value is -2.95. The van der Waals surface area contributed by atoms with Crippen molar-refractivity contribution < 1.29 is 32.6 Å². The summed E-state index contributed by atoms with van der Waals surface area (Å²) >= 11 is 1.46. The van der Waals surface area contributed by atoms with E-state index in [1.165, 1.54) is 16.2 Å². The van der Waals surface area contributed by atoms with Crippen LogP contribution in [0.15, 0.2) is 17.5 Å². The number of aromatic nitrogens is 1. The van der Waals surface area contributed by atoms with E-state index in [9.17, 15) is 18.4 Å². The molecule has 192 valence electrons. The van der Waals surface area contributed by atoms with Gasteiger partial charge in [0.2, 0.25) is 0 Å². The SMILES string of the molecule is CC[C@@H]1CN(C(=O)OC(C)(C)C)CCN1C(=O)OCc1c(F)cc(OCc2csc(C)n2)cc1F. The first-order valence-corrected chi connectivity index (χ1v) is 12.3. The van der Waals surface area contributed by atoms with Crippen molar-refractivity contribution in [2.75, 3.05) is 19.6 Å². The van der Waals surface area contributed by atoms with Crippen LogP contribution in [0.25, 0.3) is 0 Å². The number of amides is 2. The number of nitrogens with zero attached hydrogens (tertiary/aromatic N) is 3. The highest BCUT2D eigenvalue weighted by Gasteiger charge is 2.34. The number of carbonyl (C=O) groups excluding carboxylic acids is 2. The van der Waals surface area contributed by atoms with Gasteiger partial charge in [-0.05, 0) is 34.1 Å². The fourth-order valence-electron chi connectivity index (χ4n) is 3.59. The van der Waals surface area contributed by atoms with Crippen molar-refractivity contribution in [1.82, 2.24) is 14.8 Å². The number of piperazine rings is 1. The molecular formula is C24H31F2N3O5S. The molecule has 0 radical (unpaired) electrons. The molecule has 1 aromatic carbocycles. The molecule has 11 heteroatoms. The maximum Gasteiger partial charge on any atom is 0.410 e. The highest BCUT2D eigenvalue weighted by atomic mass is 32.1. The van der Waals surface area contributed by atoms with Crippen LogP contribution >= 0.6 is 11.3 Å². The third-order valence-electron chi connectivity index (χ3n) is 5.35. The summed E-state index contributed by atoms with van der Waals surface area (Å²) in [6.45, 7) is 9.40. The van der Waals surface area contributed by atoms with Crippen molar-refractivity contribution >= 4 is 23.5 Å². The first kappa shape index (κ1) is 26.7. The van der Waals surface area contributed by atoms with Crippen molar-refractivity contribution in [1.29, 1.82) is 0 Å². The molecule has 2 aromatic rings. The summed E-state index contributed by atoms with van der Waals surface area (Å²) in [6.07, 6.45) is -0.569. The Kier molecular flexibility index (Phi) is 8.52. The van der Waals surface area contributed by atoms with E-state index in [0.717, 1.165) is 17.1 Å². The standard InChI is InChI=1S/C24H31F2N3O5S/c1-6-17-11-28(22(30)34-24(3,4)5)7-8-29(17)23(31)33-13-19-20(25)9-18(10-21(19)26)32-12-16-14-35-15(2)27-16/h9-10,14,17H,6-8,11-13H2,1-5H3/t17-/m1/s1. The lowest BCUT2D eigenvalue weighted by molar-refractivity contribution is 0.000527. The molecule has 1 aliphatic heterocycles. The van der Waals surface area contributed by atoms with Crippen molar-refractivity contribution in [3.8, 4) is 5.75 Å². The summed E-state index contributed by atoms with van der Waals surface area (Å²) in [4.78, 5) is 32.3. The van der Waals surface area contributed by atoms with Gasteiger partial charge in [0.1, 0.15) is 36.2 Å². The lowest BCUT2D eigenvalue weighted by Crippen LogP contribution is -2.57. The smallest absolute Gasteiger partial charge is 0.410 e. The van der Waals surface area contributed by atoms with Crippen LogP contribution in [-0.4, -0.2) is 58.2 Å². The monoisotopic (exact) mass is 511 g/mol. The largest absolute Gasteiger partial charge is 0.487 e. The molecule has 0 unspecified atom stereocenters. The number of ether oxygens (including phenoxy) is 3. The van der Waals surface area contributed by atoms with Crippen LogP contribution in [0.3, 0.4) is 0 Å². The molecule has 0 spiro atoms. The molecule has 2 amide bonds. The minimum atomic E-state index is -0.871. The molecule has 1 aromatic heterocycles. The molecule has 0 bridgehead atoms. The molecule has 2 heterocycles. The van der Waals surface area contributed by atoms with Crippen molar-refractivity contribution in [2.24, 2.45) is 0 Å². The van der Waals surface area contributed by atoms with Crippen molar-refractivity contribution in [2.45, 2.75) is 65.9 Å². The van der Waals surface area contributed by atoms with E-state index in [-0.39, 0.29) is 43.6 Å². The number of halogens is 2. The topological polar surface area (TPSA) is 81.2 Å². The maximum absolute atomic E-state index is 14.6. The summed E-state index contributed by atoms with van der Waals surface area (Å²) < 4.78 is 45.2. The first-order chi connectivity index (χ1) is 16.5. The average Bonchev–Trinajstić information content (AvgIpc) is 3.20. The quantitative estimate of drug-likeness (QED) is 0.525. The van der Waals surface area contributed by atoms with E-state index >= 15 is 0 Å². The van der Waals surface area contributed by atoms with Crippen LogP contribution < -0.4 is 4.74 Å². The Morgan fingerprint density at radius 3 is 2.40 bits per heavy atom. The molecule has 0 N–H and O–H groups in total. The Balaban J connectivity index is 1.56. The van der Waals surface area contributed by atoms with Gasteiger partial charge >= 0.3 is 12.2 Å². The predicted octanol–water partition coefficient (Wildman–Crippen LogP) is 5.28. The molecule has 0 saturated carbocycles. The van der Waals surface area contributed by atoms with Crippen LogP contribution in [0.5, 0.6) is 5.75 Å². The number of rotatable bonds is 6. The number of thiazole rings is 1. The van der Waals surface area contributed by atoms with Gasteiger partial charge in [0.25, 0.3) is 0 Å². The summed E-state index contributed by atoms with van der Waals surface area (Å²) in [5, 5.41) is 2.68. The molecule has 8 nitrogen and oxygen atoms in total. The second-order valence-corrected chi connectivity index (χ2v) is 10.3. The molecular weight excluding hydrogens is 480 g/mol. The molecule has 35 heavy (non-hydrogen) atoms. The van der Waals surface area contributed by atoms with Gasteiger partial charge in [0.05, 0.1) is 22.3 Å². The van der Waals surface area contributed by atoms with Crippen molar-refractivity contribution in [3.63, 3.8) is 0 Å². The van der Waals surface area contributed by atoms with Gasteiger partial charge in [0.15, 0.2) is 0 Å². The maximum atomic E-state index is 14.6. The Bertz CT molecular complexity index is 1030. The normalized spacial score (nSPS) is 16.3. The molecule has 3 rings (SSSR count). The number of benzene rings is 1. The van der Waals surface area contributed by atoms with E-state index in [1.807, 2.05) is 19.2 Å². The van der Waals surface area contributed by atoms with Gasteiger partial charge in [-0.15, -0.1) is 11.3 Å². The van der Waals surface area contributed by atoms with Gasteiger partial charge in [0, 0.05) is 37.1 Å². The highest BCUT2D eigenvalue weighted by molar-refractivity contribution is 7.09. The van der Waals surface area contributed by atoms with E-state index in [1.54, 1.807) is 25.7 Å². The van der Waals surface area contributed by atoms with Crippen LogP contribution in [-0.2, 0) is 22.7 Å². The molecule has 1 atom stereocenters. The average molecular weight is 512 g/mol. The zero-order valence-electron chi connectivity index (χ0n) is 20.6. The van der Waals surface area contributed by atoms with E-state index in [2.05, 4.69) is 4.98 Å². The van der Waals surface area contributed by atoms with E-state index in [0.29, 0.717) is 12.1 Å². The van der Waals surface area contributed by atoms with Crippen LogP contribution in [0.2, 0.25) is 0 Å². The Morgan fingerprint density at radius 2 is 1.83 bits per heavy atom. The van der Waals surface area contributed by atoms with Crippen molar-refractivity contribution in [3.05, 3.63) is 45.4 Å². The van der Waals surface area contributed by atoms with Gasteiger partial charge < -0.3 is 24.0 Å². The zero-order valence-corrected chi connectivity index (χ0v) is 21.4. The van der Waals surface area contributed by atoms with Crippen LogP contribution in [0.1, 0.15) is 50.4 Å². The molecule has 1 aliphatic rings. The summed E-state index contributed by atoms with van der Waals surface area (Å²) in [6, 6.07) is 1.81. The summed E-state index contributed by atoms with van der Waals surface area (Å²) in [7, 11) is 0. The molecule has 1 saturated heterocycles. The Labute approximate surface area is 207 Å². The highest BCUT2D eigenvalue weighted by Crippen LogP contribution is 2.24. The predicted molar refractivity (Wildman–Crippen MR) is 126 cm³/mol. The lowest BCUT2D eigenvalue weighted by atomic mass is 10.1. The first-order valence-electron chi connectivity index (χ1n) is 11.4. The third kappa shape index (κ3) is 7.27. The summed E-state index contributed by atoms with van der Waals surface area (Å²) in [5.74, 6) is -1.72. The third-order valence-corrected chi connectivity index (χ3v) is 6.17. The van der Waals surface area contributed by atoms with Gasteiger partial charge in [-0.2, -0.15) is 0 Å². The lowest BCUT2D eigenvalue weighted by Gasteiger charge is -2.40. The summed E-state index contributed by atoms with van der Waals surface area (Å²) in [5.41, 5.74) is -0.317. The fourth-order valence-corrected chi connectivity index (χ4v) is 4.18. The van der Waals surface area contributed by atoms with E-state index < -0.39 is 36.0 Å². The fraction of sp³-hybridized carbons (Fsp3) is 0.542. The number of hydrogen-bond donors (Lipinski definition) is 0. The van der Waals surface area contributed by atoms with Gasteiger partial charge in [-0.3, -0.25) is 0 Å². The van der Waals surface area contributed by atoms with Crippen LogP contribution in [0.4, 0.5) is 18.4 Å². The second kappa shape index (κ2) is 11.2. The zero-order chi connectivity index (χ0) is 25.8. The minimum Gasteiger partial charge on any atom is -0.487 e. The van der Waals surface area contributed by atoms with Gasteiger partial charge in [-0.25, -0.2) is 23.4 Å². The van der Waals surface area contributed by atoms with Crippen LogP contribution in [0, 0.1) is 18.6 Å². The van der Waals surface area contributed by atoms with Gasteiger partial charge in [-0.1, -0.05) is 6.92 Å². The van der Waals surface area contributed by atoms with E-state index in [4.69, 9.17) is 14.2 Å². The second-order valence-electron chi connectivity index (χ2n) is 9.25. The number of hydrogen-bond acceptors (Lipinski definition) is 7. The Morgan fingerprint density at radius 1 is 1.14 bits per heavy atom. The number of aryl methyl sites for hydroxylation is 1. The molecule has 1 fully saturated rings. The number of carbonyl (C=O) groups is 2.